The van der Waals surface area contributed by atoms with Crippen LogP contribution in [-0.4, -0.2) is 4.98 Å². The molecule has 0 fully saturated rings. The molecule has 2 nitrogen and oxygen atoms in total. The molecular weight excluding hydrogens is 406 g/mol. The number of halogens is 6. The topological polar surface area (TPSA) is 24.9 Å². The number of benzene rings is 2. The van der Waals surface area contributed by atoms with Crippen molar-refractivity contribution in [2.75, 3.05) is 5.32 Å². The zero-order chi connectivity index (χ0) is 21.5. The lowest BCUT2D eigenvalue weighted by molar-refractivity contribution is -0.138. The van der Waals surface area contributed by atoms with Crippen molar-refractivity contribution in [3.05, 3.63) is 83.0 Å². The Balaban J connectivity index is 1.52. The fourth-order valence-electron chi connectivity index (χ4n) is 3.51. The van der Waals surface area contributed by atoms with Gasteiger partial charge in [-0.2, -0.15) is 26.3 Å². The maximum atomic E-state index is 12.7. The summed E-state index contributed by atoms with van der Waals surface area (Å²) in [5, 5.41) is 3.29. The maximum absolute atomic E-state index is 12.7. The van der Waals surface area contributed by atoms with Gasteiger partial charge < -0.3 is 5.32 Å². The standard InChI is InChI=1S/C22H16F6N2/c23-21(24,25)15-5-1-13(2-6-15)17-9-11-20-19(29-17)12-10-18(30-20)14-3-7-16(8-4-14)22(26,27)28/h1-9,11,18,30H,10,12H2/t18-/m1/s1. The third-order valence-corrected chi connectivity index (χ3v) is 5.12. The third-order valence-electron chi connectivity index (χ3n) is 5.12. The van der Waals surface area contributed by atoms with Gasteiger partial charge in [0.05, 0.1) is 34.2 Å². The zero-order valence-corrected chi connectivity index (χ0v) is 15.5. The normalized spacial score (nSPS) is 16.7. The number of hydrogen-bond acceptors (Lipinski definition) is 2. The number of fused-ring (bicyclic) bond motifs is 1. The molecule has 4 rings (SSSR count). The Morgan fingerprint density at radius 2 is 1.30 bits per heavy atom. The number of aromatic nitrogens is 1. The molecular formula is C22H16F6N2. The highest BCUT2D eigenvalue weighted by Crippen LogP contribution is 2.36. The molecule has 0 unspecified atom stereocenters. The minimum atomic E-state index is -4.39. The first kappa shape index (κ1) is 20.3. The largest absolute Gasteiger partial charge is 0.416 e. The summed E-state index contributed by atoms with van der Waals surface area (Å²) in [4.78, 5) is 4.56. The minimum absolute atomic E-state index is 0.140. The van der Waals surface area contributed by atoms with Crippen LogP contribution in [0.3, 0.4) is 0 Å². The molecule has 1 atom stereocenters. The lowest BCUT2D eigenvalue weighted by Gasteiger charge is -2.27. The van der Waals surface area contributed by atoms with E-state index in [2.05, 4.69) is 10.3 Å². The van der Waals surface area contributed by atoms with Crippen molar-refractivity contribution in [2.24, 2.45) is 0 Å². The smallest absolute Gasteiger partial charge is 0.377 e. The second-order valence-corrected chi connectivity index (χ2v) is 7.12. The number of alkyl halides is 6. The van der Waals surface area contributed by atoms with E-state index in [0.29, 0.717) is 24.1 Å². The van der Waals surface area contributed by atoms with Gasteiger partial charge in [-0.05, 0) is 54.8 Å². The zero-order valence-electron chi connectivity index (χ0n) is 15.5. The number of anilines is 1. The summed E-state index contributed by atoms with van der Waals surface area (Å²) in [5.41, 5.74) is 2.03. The lowest BCUT2D eigenvalue weighted by atomic mass is 9.95. The number of nitrogens with one attached hydrogen (secondary N) is 1. The van der Waals surface area contributed by atoms with Gasteiger partial charge in [0.1, 0.15) is 0 Å². The van der Waals surface area contributed by atoms with Crippen molar-refractivity contribution in [3.63, 3.8) is 0 Å². The minimum Gasteiger partial charge on any atom is -0.377 e. The van der Waals surface area contributed by atoms with Crippen LogP contribution in [0.25, 0.3) is 11.3 Å². The molecule has 0 radical (unpaired) electrons. The Bertz CT molecular complexity index is 1040. The molecule has 2 heterocycles. The molecule has 0 spiro atoms. The van der Waals surface area contributed by atoms with Crippen LogP contribution >= 0.6 is 0 Å². The van der Waals surface area contributed by atoms with Crippen molar-refractivity contribution >= 4 is 5.69 Å². The number of nitrogens with zero attached hydrogens (tertiary/aromatic N) is 1. The molecule has 1 N–H and O–H groups in total. The van der Waals surface area contributed by atoms with Gasteiger partial charge in [-0.25, -0.2) is 0 Å². The van der Waals surface area contributed by atoms with Crippen LogP contribution in [0.1, 0.15) is 34.8 Å². The van der Waals surface area contributed by atoms with Crippen LogP contribution in [0, 0.1) is 0 Å². The Morgan fingerprint density at radius 1 is 0.733 bits per heavy atom. The van der Waals surface area contributed by atoms with Gasteiger partial charge in [0.15, 0.2) is 0 Å². The SMILES string of the molecule is FC(F)(F)c1ccc(-c2ccc3c(n2)CC[C@H](c2ccc(C(F)(F)F)cc2)N3)cc1. The Kier molecular flexibility index (Phi) is 4.95. The molecule has 156 valence electrons. The maximum Gasteiger partial charge on any atom is 0.416 e. The van der Waals surface area contributed by atoms with Crippen LogP contribution in [0.5, 0.6) is 0 Å². The van der Waals surface area contributed by atoms with E-state index in [4.69, 9.17) is 0 Å². The number of rotatable bonds is 2. The molecule has 30 heavy (non-hydrogen) atoms. The highest BCUT2D eigenvalue weighted by molar-refractivity contribution is 5.64. The van der Waals surface area contributed by atoms with E-state index >= 15 is 0 Å². The van der Waals surface area contributed by atoms with Crippen molar-refractivity contribution in [1.29, 1.82) is 0 Å². The van der Waals surface area contributed by atoms with Gasteiger partial charge in [0, 0.05) is 5.56 Å². The first-order chi connectivity index (χ1) is 14.1. The Morgan fingerprint density at radius 3 is 1.87 bits per heavy atom. The summed E-state index contributed by atoms with van der Waals surface area (Å²) < 4.78 is 76.4. The molecule has 2 aromatic carbocycles. The van der Waals surface area contributed by atoms with E-state index in [0.717, 1.165) is 41.2 Å². The monoisotopic (exact) mass is 422 g/mol. The van der Waals surface area contributed by atoms with Gasteiger partial charge in [-0.3, -0.25) is 4.98 Å². The predicted octanol–water partition coefficient (Wildman–Crippen LogP) is 6.89. The third kappa shape index (κ3) is 4.13. The Hall–Kier alpha value is -3.03. The average Bonchev–Trinajstić information content (AvgIpc) is 2.72. The van der Waals surface area contributed by atoms with E-state index in [9.17, 15) is 26.3 Å². The van der Waals surface area contributed by atoms with E-state index < -0.39 is 23.5 Å². The summed E-state index contributed by atoms with van der Waals surface area (Å²) in [6.45, 7) is 0. The van der Waals surface area contributed by atoms with Crippen molar-refractivity contribution < 1.29 is 26.3 Å². The fourth-order valence-corrected chi connectivity index (χ4v) is 3.51. The summed E-state index contributed by atoms with van der Waals surface area (Å²) in [5.74, 6) is 0. The van der Waals surface area contributed by atoms with Crippen LogP contribution in [0.2, 0.25) is 0 Å². The molecule has 1 aliphatic rings. The Labute approximate surface area is 168 Å². The number of pyridine rings is 1. The molecule has 1 aliphatic heterocycles. The van der Waals surface area contributed by atoms with Crippen LogP contribution < -0.4 is 5.32 Å². The molecule has 1 aromatic heterocycles. The molecule has 0 saturated carbocycles. The van der Waals surface area contributed by atoms with Crippen molar-refractivity contribution in [3.8, 4) is 11.3 Å². The average molecular weight is 422 g/mol. The molecule has 0 aliphatic carbocycles. The predicted molar refractivity (Wildman–Crippen MR) is 101 cm³/mol. The molecule has 8 heteroatoms. The molecule has 0 saturated heterocycles. The fraction of sp³-hybridized carbons (Fsp3) is 0.227. The van der Waals surface area contributed by atoms with Crippen molar-refractivity contribution in [2.45, 2.75) is 31.2 Å². The number of hydrogen-bond donors (Lipinski definition) is 1. The van der Waals surface area contributed by atoms with Gasteiger partial charge in [-0.1, -0.05) is 24.3 Å². The highest BCUT2D eigenvalue weighted by atomic mass is 19.4. The molecule has 3 aromatic rings. The van der Waals surface area contributed by atoms with Crippen molar-refractivity contribution in [1.82, 2.24) is 4.98 Å². The summed E-state index contributed by atoms with van der Waals surface area (Å²) in [6, 6.07) is 13.3. The second kappa shape index (κ2) is 7.34. The van der Waals surface area contributed by atoms with E-state index in [1.54, 1.807) is 12.1 Å². The molecule has 0 bridgehead atoms. The summed E-state index contributed by atoms with van der Waals surface area (Å²) in [6.07, 6.45) is -7.52. The van der Waals surface area contributed by atoms with Gasteiger partial charge in [0.25, 0.3) is 0 Å². The first-order valence-corrected chi connectivity index (χ1v) is 9.22. The second-order valence-electron chi connectivity index (χ2n) is 7.12. The van der Waals surface area contributed by atoms with E-state index in [-0.39, 0.29) is 6.04 Å². The summed E-state index contributed by atoms with van der Waals surface area (Å²) >= 11 is 0. The highest BCUT2D eigenvalue weighted by Gasteiger charge is 2.31. The van der Waals surface area contributed by atoms with Gasteiger partial charge in [0.2, 0.25) is 0 Å². The quantitative estimate of drug-likeness (QED) is 0.455. The van der Waals surface area contributed by atoms with Gasteiger partial charge in [-0.15, -0.1) is 0 Å². The summed E-state index contributed by atoms with van der Waals surface area (Å²) in [7, 11) is 0. The van der Waals surface area contributed by atoms with Crippen LogP contribution in [-0.2, 0) is 18.8 Å². The number of aryl methyl sites for hydroxylation is 1. The van der Waals surface area contributed by atoms with E-state index in [1.807, 2.05) is 0 Å². The van der Waals surface area contributed by atoms with Crippen LogP contribution in [0.15, 0.2) is 60.7 Å². The van der Waals surface area contributed by atoms with E-state index in [1.165, 1.54) is 24.3 Å². The van der Waals surface area contributed by atoms with Crippen LogP contribution in [0.4, 0.5) is 32.0 Å². The first-order valence-electron chi connectivity index (χ1n) is 9.22. The van der Waals surface area contributed by atoms with Gasteiger partial charge >= 0.3 is 12.4 Å². The lowest BCUT2D eigenvalue weighted by Crippen LogP contribution is -2.19. The molecule has 0 amide bonds.